The fraction of sp³-hybridized carbons (Fsp3) is 0.278. The minimum Gasteiger partial charge on any atom is -0.481 e. The third kappa shape index (κ3) is 5.25. The Morgan fingerprint density at radius 3 is 2.57 bits per heavy atom. The molecule has 2 atom stereocenters. The fourth-order valence-electron chi connectivity index (χ4n) is 2.10. The fourth-order valence-corrected chi connectivity index (χ4v) is 2.28. The molecule has 0 heterocycles. The highest BCUT2D eigenvalue weighted by molar-refractivity contribution is 6.30. The predicted octanol–water partition coefficient (Wildman–Crippen LogP) is 4.17. The van der Waals surface area contributed by atoms with Crippen LogP contribution in [-0.4, -0.2) is 18.6 Å². The van der Waals surface area contributed by atoms with Gasteiger partial charge in [0.2, 0.25) is 0 Å². The summed E-state index contributed by atoms with van der Waals surface area (Å²) in [5, 5.41) is 3.40. The van der Waals surface area contributed by atoms with E-state index in [0.717, 1.165) is 5.56 Å². The minimum absolute atomic E-state index is 0.0814. The molecule has 0 aromatic heterocycles. The van der Waals surface area contributed by atoms with E-state index in [4.69, 9.17) is 16.3 Å². The van der Waals surface area contributed by atoms with Crippen molar-refractivity contribution in [1.82, 2.24) is 5.32 Å². The first kappa shape index (κ1) is 17.3. The molecule has 0 bridgehead atoms. The van der Waals surface area contributed by atoms with Crippen LogP contribution in [-0.2, 0) is 4.79 Å². The number of carbonyl (C=O) groups excluding carboxylic acids is 1. The molecule has 0 fully saturated rings. The Balaban J connectivity index is 1.85. The highest BCUT2D eigenvalue weighted by Crippen LogP contribution is 2.18. The minimum atomic E-state index is -0.631. The first-order valence-electron chi connectivity index (χ1n) is 7.41. The van der Waals surface area contributed by atoms with Crippen molar-refractivity contribution in [3.05, 3.63) is 64.9 Å². The summed E-state index contributed by atoms with van der Waals surface area (Å²) in [6.07, 6.45) is -0.631. The normalized spacial score (nSPS) is 13.2. The van der Waals surface area contributed by atoms with Gasteiger partial charge >= 0.3 is 0 Å². The number of ether oxygens (including phenoxy) is 1. The van der Waals surface area contributed by atoms with E-state index in [-0.39, 0.29) is 17.6 Å². The number of rotatable bonds is 6. The average Bonchev–Trinajstić information content (AvgIpc) is 2.53. The molecule has 1 N–H and O–H groups in total. The van der Waals surface area contributed by atoms with E-state index >= 15 is 0 Å². The first-order valence-corrected chi connectivity index (χ1v) is 7.79. The van der Waals surface area contributed by atoms with Crippen molar-refractivity contribution in [3.8, 4) is 5.75 Å². The summed E-state index contributed by atoms with van der Waals surface area (Å²) in [4.78, 5) is 12.1. The van der Waals surface area contributed by atoms with Gasteiger partial charge in [-0.3, -0.25) is 4.79 Å². The molecule has 122 valence electrons. The summed E-state index contributed by atoms with van der Waals surface area (Å²) in [7, 11) is 0. The topological polar surface area (TPSA) is 38.3 Å². The highest BCUT2D eigenvalue weighted by atomic mass is 35.5. The lowest BCUT2D eigenvalue weighted by atomic mass is 10.0. The van der Waals surface area contributed by atoms with Crippen LogP contribution in [0.3, 0.4) is 0 Å². The molecule has 2 aromatic rings. The Morgan fingerprint density at radius 1 is 1.22 bits per heavy atom. The van der Waals surface area contributed by atoms with Crippen LogP contribution in [0, 0.1) is 5.82 Å². The number of benzene rings is 2. The van der Waals surface area contributed by atoms with E-state index in [0.29, 0.717) is 17.3 Å². The summed E-state index contributed by atoms with van der Waals surface area (Å²) in [6, 6.07) is 13.2. The molecule has 2 aromatic carbocycles. The van der Waals surface area contributed by atoms with Gasteiger partial charge in [0, 0.05) is 11.6 Å². The molecule has 5 heteroatoms. The summed E-state index contributed by atoms with van der Waals surface area (Å²) >= 11 is 5.88. The van der Waals surface area contributed by atoms with Crippen molar-refractivity contribution in [2.24, 2.45) is 0 Å². The zero-order chi connectivity index (χ0) is 16.8. The summed E-state index contributed by atoms with van der Waals surface area (Å²) in [6.45, 7) is 4.10. The number of hydrogen-bond acceptors (Lipinski definition) is 2. The van der Waals surface area contributed by atoms with E-state index in [1.54, 1.807) is 43.3 Å². The smallest absolute Gasteiger partial charge is 0.260 e. The van der Waals surface area contributed by atoms with Gasteiger partial charge < -0.3 is 10.1 Å². The average molecular weight is 336 g/mol. The molecule has 0 spiro atoms. The lowest BCUT2D eigenvalue weighted by Crippen LogP contribution is -2.38. The number of halogens is 2. The zero-order valence-corrected chi connectivity index (χ0v) is 13.8. The van der Waals surface area contributed by atoms with E-state index in [9.17, 15) is 9.18 Å². The SMILES string of the molecule is CC(Oc1cccc(Cl)c1)C(=O)NCC(C)c1ccc(F)cc1. The van der Waals surface area contributed by atoms with Gasteiger partial charge in [-0.2, -0.15) is 0 Å². The van der Waals surface area contributed by atoms with Gasteiger partial charge in [-0.1, -0.05) is 36.7 Å². The highest BCUT2D eigenvalue weighted by Gasteiger charge is 2.16. The lowest BCUT2D eigenvalue weighted by molar-refractivity contribution is -0.127. The van der Waals surface area contributed by atoms with Crippen LogP contribution in [0.5, 0.6) is 5.75 Å². The molecule has 0 saturated carbocycles. The van der Waals surface area contributed by atoms with Crippen molar-refractivity contribution in [1.29, 1.82) is 0 Å². The van der Waals surface area contributed by atoms with E-state index in [1.807, 2.05) is 6.92 Å². The van der Waals surface area contributed by atoms with Crippen molar-refractivity contribution >= 4 is 17.5 Å². The van der Waals surface area contributed by atoms with Gasteiger partial charge in [-0.05, 0) is 48.7 Å². The third-order valence-electron chi connectivity index (χ3n) is 3.50. The molecular formula is C18H19ClFNO2. The maximum absolute atomic E-state index is 12.9. The molecular weight excluding hydrogens is 317 g/mol. The summed E-state index contributed by atoms with van der Waals surface area (Å²) < 4.78 is 18.5. The van der Waals surface area contributed by atoms with E-state index in [1.165, 1.54) is 12.1 Å². The second kappa shape index (κ2) is 7.97. The zero-order valence-electron chi connectivity index (χ0n) is 13.1. The standard InChI is InChI=1S/C18H19ClFNO2/c1-12(14-6-8-16(20)9-7-14)11-21-18(22)13(2)23-17-5-3-4-15(19)10-17/h3-10,12-13H,11H2,1-2H3,(H,21,22). The number of nitrogens with one attached hydrogen (secondary N) is 1. The molecule has 0 aliphatic heterocycles. The molecule has 0 radical (unpaired) electrons. The molecule has 1 amide bonds. The molecule has 2 rings (SSSR count). The lowest BCUT2D eigenvalue weighted by Gasteiger charge is -2.17. The van der Waals surface area contributed by atoms with Crippen molar-refractivity contribution in [2.75, 3.05) is 6.54 Å². The van der Waals surface area contributed by atoms with Crippen molar-refractivity contribution in [2.45, 2.75) is 25.9 Å². The van der Waals surface area contributed by atoms with Gasteiger partial charge in [-0.25, -0.2) is 4.39 Å². The Kier molecular flexibility index (Phi) is 5.99. The Morgan fingerprint density at radius 2 is 1.91 bits per heavy atom. The van der Waals surface area contributed by atoms with Crippen LogP contribution in [0.25, 0.3) is 0 Å². The van der Waals surface area contributed by atoms with E-state index < -0.39 is 6.10 Å². The molecule has 23 heavy (non-hydrogen) atoms. The van der Waals surface area contributed by atoms with Crippen LogP contribution in [0.4, 0.5) is 4.39 Å². The molecule has 0 aliphatic rings. The van der Waals surface area contributed by atoms with Gasteiger partial charge in [0.05, 0.1) is 0 Å². The second-order valence-electron chi connectivity index (χ2n) is 5.42. The first-order chi connectivity index (χ1) is 11.0. The van der Waals surface area contributed by atoms with Crippen LogP contribution < -0.4 is 10.1 Å². The monoisotopic (exact) mass is 335 g/mol. The maximum atomic E-state index is 12.9. The Bertz CT molecular complexity index is 660. The summed E-state index contributed by atoms with van der Waals surface area (Å²) in [5.41, 5.74) is 0.968. The summed E-state index contributed by atoms with van der Waals surface area (Å²) in [5.74, 6) is 0.150. The quantitative estimate of drug-likeness (QED) is 0.860. The maximum Gasteiger partial charge on any atom is 0.260 e. The van der Waals surface area contributed by atoms with Gasteiger partial charge in [0.25, 0.3) is 5.91 Å². The molecule has 0 aliphatic carbocycles. The molecule has 0 saturated heterocycles. The van der Waals surface area contributed by atoms with Gasteiger partial charge in [0.15, 0.2) is 6.10 Å². The third-order valence-corrected chi connectivity index (χ3v) is 3.73. The number of amides is 1. The van der Waals surface area contributed by atoms with Crippen molar-refractivity contribution < 1.29 is 13.9 Å². The van der Waals surface area contributed by atoms with Gasteiger partial charge in [0.1, 0.15) is 11.6 Å². The number of hydrogen-bond donors (Lipinski definition) is 1. The van der Waals surface area contributed by atoms with Crippen LogP contribution in [0.2, 0.25) is 5.02 Å². The second-order valence-corrected chi connectivity index (χ2v) is 5.85. The Hall–Kier alpha value is -2.07. The van der Waals surface area contributed by atoms with Crippen LogP contribution in [0.1, 0.15) is 25.3 Å². The number of carbonyl (C=O) groups is 1. The van der Waals surface area contributed by atoms with Crippen LogP contribution in [0.15, 0.2) is 48.5 Å². The van der Waals surface area contributed by atoms with E-state index in [2.05, 4.69) is 5.32 Å². The van der Waals surface area contributed by atoms with Gasteiger partial charge in [-0.15, -0.1) is 0 Å². The largest absolute Gasteiger partial charge is 0.481 e. The van der Waals surface area contributed by atoms with Crippen LogP contribution >= 0.6 is 11.6 Å². The molecule has 3 nitrogen and oxygen atoms in total. The Labute approximate surface area is 140 Å². The molecule has 2 unspecified atom stereocenters. The predicted molar refractivity (Wildman–Crippen MR) is 89.4 cm³/mol. The van der Waals surface area contributed by atoms with Crippen molar-refractivity contribution in [3.63, 3.8) is 0 Å².